The van der Waals surface area contributed by atoms with Gasteiger partial charge >= 0.3 is 0 Å². The highest BCUT2D eigenvalue weighted by Gasteiger charge is 1.99. The highest BCUT2D eigenvalue weighted by Crippen LogP contribution is 2.05. The van der Waals surface area contributed by atoms with Crippen LogP contribution in [0.3, 0.4) is 0 Å². The van der Waals surface area contributed by atoms with E-state index in [0.29, 0.717) is 4.91 Å². The molecule has 9 heavy (non-hydrogen) atoms. The number of thiol groups is 1. The number of carbonyl (C=O) groups excluding carboxylic acids is 1. The van der Waals surface area contributed by atoms with Crippen molar-refractivity contribution in [2.75, 3.05) is 7.05 Å². The fourth-order valence-electron chi connectivity index (χ4n) is 0.382. The van der Waals surface area contributed by atoms with Crippen molar-refractivity contribution in [3.63, 3.8) is 0 Å². The fourth-order valence-corrected chi connectivity index (χ4v) is 0.494. The van der Waals surface area contributed by atoms with E-state index in [9.17, 15) is 4.79 Å². The summed E-state index contributed by atoms with van der Waals surface area (Å²) in [5.74, 6) is -0.00909. The van der Waals surface area contributed by atoms with Crippen molar-refractivity contribution in [1.29, 1.82) is 0 Å². The van der Waals surface area contributed by atoms with Crippen molar-refractivity contribution in [1.82, 2.24) is 5.32 Å². The minimum absolute atomic E-state index is 0.00909. The summed E-state index contributed by atoms with van der Waals surface area (Å²) < 4.78 is 0. The predicted octanol–water partition coefficient (Wildman–Crippen LogP) is 0.956. The second-order valence-electron chi connectivity index (χ2n) is 1.78. The molecular weight excluding hydrogens is 134 g/mol. The third-order valence-corrected chi connectivity index (χ3v) is 1.71. The Bertz CT molecular complexity index is 151. The predicted molar refractivity (Wildman–Crippen MR) is 41.4 cm³/mol. The van der Waals surface area contributed by atoms with Gasteiger partial charge in [0.05, 0.1) is 4.91 Å². The molecular formula is C6H11NOS. The van der Waals surface area contributed by atoms with E-state index in [1.165, 1.54) is 6.92 Å². The summed E-state index contributed by atoms with van der Waals surface area (Å²) in [4.78, 5) is 11.1. The Labute approximate surface area is 60.7 Å². The lowest BCUT2D eigenvalue weighted by molar-refractivity contribution is -0.113. The molecule has 0 saturated carbocycles. The maximum Gasteiger partial charge on any atom is 0.167 e. The van der Waals surface area contributed by atoms with Gasteiger partial charge in [-0.3, -0.25) is 4.79 Å². The molecule has 3 heteroatoms. The standard InChI is InChI=1S/C6H11NOS/c1-4(7-3)6(9)5(2)8/h7,9H,1-3H3/b6-4-. The number of rotatable bonds is 2. The molecule has 0 unspecified atom stereocenters. The molecule has 0 aromatic rings. The summed E-state index contributed by atoms with van der Waals surface area (Å²) in [6, 6.07) is 0. The molecule has 0 amide bonds. The maximum atomic E-state index is 10.6. The van der Waals surface area contributed by atoms with Crippen molar-refractivity contribution in [3.8, 4) is 0 Å². The van der Waals surface area contributed by atoms with Gasteiger partial charge in [0.2, 0.25) is 0 Å². The average Bonchev–Trinajstić information content (AvgIpc) is 1.84. The lowest BCUT2D eigenvalue weighted by Gasteiger charge is -2.00. The molecule has 0 fully saturated rings. The summed E-state index contributed by atoms with van der Waals surface area (Å²) in [6.07, 6.45) is 0. The van der Waals surface area contributed by atoms with Crippen LogP contribution in [-0.2, 0) is 4.79 Å². The molecule has 0 rings (SSSR count). The first kappa shape index (κ1) is 8.56. The van der Waals surface area contributed by atoms with E-state index in [4.69, 9.17) is 0 Å². The van der Waals surface area contributed by atoms with Gasteiger partial charge < -0.3 is 5.32 Å². The van der Waals surface area contributed by atoms with Crippen LogP contribution in [0.5, 0.6) is 0 Å². The second kappa shape index (κ2) is 3.56. The Hall–Kier alpha value is -0.440. The Morgan fingerprint density at radius 3 is 2.00 bits per heavy atom. The van der Waals surface area contributed by atoms with Crippen LogP contribution >= 0.6 is 12.6 Å². The third-order valence-electron chi connectivity index (χ3n) is 1.06. The Morgan fingerprint density at radius 2 is 1.89 bits per heavy atom. The zero-order valence-electron chi connectivity index (χ0n) is 5.86. The minimum Gasteiger partial charge on any atom is -0.391 e. The SMILES string of the molecule is CN/C(C)=C(\S)C(C)=O. The van der Waals surface area contributed by atoms with Crippen molar-refractivity contribution in [2.45, 2.75) is 13.8 Å². The van der Waals surface area contributed by atoms with Crippen molar-refractivity contribution < 1.29 is 4.79 Å². The molecule has 0 bridgehead atoms. The first-order chi connectivity index (χ1) is 4.09. The van der Waals surface area contributed by atoms with Gasteiger partial charge in [0.25, 0.3) is 0 Å². The smallest absolute Gasteiger partial charge is 0.167 e. The van der Waals surface area contributed by atoms with Gasteiger partial charge in [-0.2, -0.15) is 0 Å². The molecule has 0 saturated heterocycles. The van der Waals surface area contributed by atoms with Crippen LogP contribution in [0.15, 0.2) is 10.6 Å². The summed E-state index contributed by atoms with van der Waals surface area (Å²) in [5, 5.41) is 2.83. The fraction of sp³-hybridized carbons (Fsp3) is 0.500. The number of hydrogen-bond donors (Lipinski definition) is 2. The monoisotopic (exact) mass is 145 g/mol. The molecule has 0 heterocycles. The topological polar surface area (TPSA) is 29.1 Å². The molecule has 0 spiro atoms. The van der Waals surface area contributed by atoms with Crippen molar-refractivity contribution >= 4 is 18.4 Å². The summed E-state index contributed by atoms with van der Waals surface area (Å²) in [6.45, 7) is 3.30. The molecule has 2 nitrogen and oxygen atoms in total. The van der Waals surface area contributed by atoms with E-state index >= 15 is 0 Å². The van der Waals surface area contributed by atoms with Gasteiger partial charge in [-0.15, -0.1) is 12.6 Å². The Morgan fingerprint density at radius 1 is 1.44 bits per heavy atom. The van der Waals surface area contributed by atoms with Crippen molar-refractivity contribution in [3.05, 3.63) is 10.6 Å². The van der Waals surface area contributed by atoms with Crippen LogP contribution in [0.2, 0.25) is 0 Å². The second-order valence-corrected chi connectivity index (χ2v) is 2.23. The quantitative estimate of drug-likeness (QED) is 0.447. The maximum absolute atomic E-state index is 10.6. The lowest BCUT2D eigenvalue weighted by atomic mass is 10.3. The highest BCUT2D eigenvalue weighted by molar-refractivity contribution is 7.85. The number of ketones is 1. The number of allylic oxidation sites excluding steroid dienone is 2. The zero-order valence-corrected chi connectivity index (χ0v) is 6.75. The van der Waals surface area contributed by atoms with Gasteiger partial charge in [-0.05, 0) is 13.8 Å². The van der Waals surface area contributed by atoms with Gasteiger partial charge in [0.1, 0.15) is 0 Å². The van der Waals surface area contributed by atoms with E-state index in [1.54, 1.807) is 7.05 Å². The minimum atomic E-state index is -0.00909. The van der Waals surface area contributed by atoms with Crippen LogP contribution in [0.1, 0.15) is 13.8 Å². The molecule has 0 radical (unpaired) electrons. The van der Waals surface area contributed by atoms with Gasteiger partial charge in [-0.25, -0.2) is 0 Å². The first-order valence-electron chi connectivity index (χ1n) is 2.68. The Balaban J connectivity index is 4.28. The van der Waals surface area contributed by atoms with E-state index in [-0.39, 0.29) is 5.78 Å². The number of carbonyl (C=O) groups is 1. The number of Topliss-reactive ketones (excluding diaryl/α,β-unsaturated/α-hetero) is 1. The summed E-state index contributed by atoms with van der Waals surface area (Å²) in [7, 11) is 1.76. The normalized spacial score (nSPS) is 12.4. The van der Waals surface area contributed by atoms with E-state index in [1.807, 2.05) is 6.92 Å². The molecule has 0 aliphatic rings. The van der Waals surface area contributed by atoms with Gasteiger partial charge in [0.15, 0.2) is 5.78 Å². The third kappa shape index (κ3) is 2.56. The van der Waals surface area contributed by atoms with Crippen molar-refractivity contribution in [2.24, 2.45) is 0 Å². The molecule has 1 N–H and O–H groups in total. The molecule has 0 aromatic heterocycles. The number of hydrogen-bond acceptors (Lipinski definition) is 3. The molecule has 52 valence electrons. The Kier molecular flexibility index (Phi) is 3.39. The summed E-state index contributed by atoms with van der Waals surface area (Å²) >= 11 is 3.97. The van der Waals surface area contributed by atoms with E-state index in [0.717, 1.165) is 5.70 Å². The molecule has 0 atom stereocenters. The molecule has 0 aromatic carbocycles. The van der Waals surface area contributed by atoms with E-state index < -0.39 is 0 Å². The van der Waals surface area contributed by atoms with Crippen LogP contribution < -0.4 is 5.32 Å². The average molecular weight is 145 g/mol. The highest BCUT2D eigenvalue weighted by atomic mass is 32.1. The van der Waals surface area contributed by atoms with Crippen LogP contribution in [-0.4, -0.2) is 12.8 Å². The van der Waals surface area contributed by atoms with E-state index in [2.05, 4.69) is 17.9 Å². The number of nitrogens with one attached hydrogen (secondary N) is 1. The molecule has 0 aliphatic heterocycles. The van der Waals surface area contributed by atoms with Crippen LogP contribution in [0, 0.1) is 0 Å². The largest absolute Gasteiger partial charge is 0.391 e. The zero-order chi connectivity index (χ0) is 7.44. The first-order valence-corrected chi connectivity index (χ1v) is 3.12. The molecule has 0 aliphatic carbocycles. The van der Waals surface area contributed by atoms with Crippen LogP contribution in [0.4, 0.5) is 0 Å². The van der Waals surface area contributed by atoms with Gasteiger partial charge in [0, 0.05) is 12.7 Å². The summed E-state index contributed by atoms with van der Waals surface area (Å²) in [5.41, 5.74) is 0.811. The lowest BCUT2D eigenvalue weighted by Crippen LogP contribution is -2.06. The van der Waals surface area contributed by atoms with Gasteiger partial charge in [-0.1, -0.05) is 0 Å². The van der Waals surface area contributed by atoms with Crippen LogP contribution in [0.25, 0.3) is 0 Å².